The molecule has 1 unspecified atom stereocenters. The Morgan fingerprint density at radius 3 is 2.57 bits per heavy atom. The molecule has 0 aromatic carbocycles. The lowest BCUT2D eigenvalue weighted by Gasteiger charge is -2.26. The van der Waals surface area contributed by atoms with Crippen molar-refractivity contribution in [3.05, 3.63) is 40.0 Å². The van der Waals surface area contributed by atoms with Gasteiger partial charge in [-0.25, -0.2) is 0 Å². The molecule has 23 heavy (non-hydrogen) atoms. The third-order valence-electron chi connectivity index (χ3n) is 3.77. The average molecular weight is 320 g/mol. The molecule has 0 bridgehead atoms. The zero-order valence-corrected chi connectivity index (χ0v) is 13.8. The van der Waals surface area contributed by atoms with Crippen LogP contribution in [0.5, 0.6) is 0 Å². The summed E-state index contributed by atoms with van der Waals surface area (Å²) in [7, 11) is 1.82. The molecule has 124 valence electrons. The third-order valence-corrected chi connectivity index (χ3v) is 3.77. The highest BCUT2D eigenvalue weighted by Crippen LogP contribution is 2.21. The molecule has 2 rings (SSSR count). The van der Waals surface area contributed by atoms with Crippen LogP contribution >= 0.6 is 0 Å². The minimum Gasteiger partial charge on any atom is -0.347 e. The zero-order chi connectivity index (χ0) is 17.4. The number of aromatic nitrogens is 4. The van der Waals surface area contributed by atoms with Gasteiger partial charge >= 0.3 is 5.69 Å². The van der Waals surface area contributed by atoms with Crippen LogP contribution in [0.25, 0.3) is 0 Å². The second kappa shape index (κ2) is 5.82. The van der Waals surface area contributed by atoms with E-state index in [1.807, 2.05) is 27.1 Å². The van der Waals surface area contributed by atoms with Gasteiger partial charge in [-0.2, -0.15) is 10.2 Å². The summed E-state index contributed by atoms with van der Waals surface area (Å²) in [5.41, 5.74) is 0.552. The summed E-state index contributed by atoms with van der Waals surface area (Å²) in [6.07, 6.45) is 4.23. The number of hydrogen-bond acceptors (Lipinski definition) is 5. The quantitative estimate of drug-likeness (QED) is 0.662. The average Bonchev–Trinajstić information content (AvgIpc) is 3.05. The minimum atomic E-state index is -1.06. The monoisotopic (exact) mass is 320 g/mol. The molecular weight excluding hydrogens is 300 g/mol. The van der Waals surface area contributed by atoms with Crippen LogP contribution in [0.2, 0.25) is 0 Å². The molecule has 2 aromatic heterocycles. The van der Waals surface area contributed by atoms with Crippen molar-refractivity contribution in [2.45, 2.75) is 39.3 Å². The summed E-state index contributed by atoms with van der Waals surface area (Å²) < 4.78 is 2.98. The fourth-order valence-electron chi connectivity index (χ4n) is 2.31. The topological polar surface area (TPSA) is 108 Å². The SMILES string of the molecule is Cc1nn(C)cc1C(C)NC(=O)C(C)(C)n1cc([N+](=O)[O-])cn1. The summed E-state index contributed by atoms with van der Waals surface area (Å²) in [5.74, 6) is -0.286. The second-order valence-corrected chi connectivity index (χ2v) is 6.00. The molecule has 2 heterocycles. The van der Waals surface area contributed by atoms with Gasteiger partial charge in [0.1, 0.15) is 17.9 Å². The van der Waals surface area contributed by atoms with Gasteiger partial charge in [0, 0.05) is 18.8 Å². The number of carbonyl (C=O) groups excluding carboxylic acids is 1. The summed E-state index contributed by atoms with van der Waals surface area (Å²) in [6, 6.07) is -0.235. The molecule has 0 saturated carbocycles. The largest absolute Gasteiger partial charge is 0.347 e. The number of nitro groups is 1. The van der Waals surface area contributed by atoms with E-state index < -0.39 is 10.5 Å². The smallest absolute Gasteiger partial charge is 0.307 e. The predicted molar refractivity (Wildman–Crippen MR) is 82.7 cm³/mol. The molecule has 1 N–H and O–H groups in total. The Kier molecular flexibility index (Phi) is 4.22. The molecule has 0 aliphatic heterocycles. The fraction of sp³-hybridized carbons (Fsp3) is 0.500. The molecule has 0 fully saturated rings. The Morgan fingerprint density at radius 1 is 1.43 bits per heavy atom. The normalized spacial score (nSPS) is 12.9. The van der Waals surface area contributed by atoms with Gasteiger partial charge in [0.05, 0.1) is 16.7 Å². The standard InChI is InChI=1S/C14H20N6O3/c1-9(12-8-18(5)17-10(12)2)16-13(21)14(3,4)19-7-11(6-15-19)20(22)23/h6-9H,1-5H3,(H,16,21). The summed E-state index contributed by atoms with van der Waals surface area (Å²) in [4.78, 5) is 22.8. The highest BCUT2D eigenvalue weighted by Gasteiger charge is 2.33. The maximum Gasteiger partial charge on any atom is 0.307 e. The van der Waals surface area contributed by atoms with Crippen LogP contribution in [0.3, 0.4) is 0 Å². The van der Waals surface area contributed by atoms with Crippen LogP contribution in [-0.4, -0.2) is 30.4 Å². The summed E-state index contributed by atoms with van der Waals surface area (Å²) in [6.45, 7) is 7.05. The number of carbonyl (C=O) groups is 1. The van der Waals surface area contributed by atoms with Crippen molar-refractivity contribution in [3.63, 3.8) is 0 Å². The van der Waals surface area contributed by atoms with Gasteiger partial charge in [-0.05, 0) is 27.7 Å². The van der Waals surface area contributed by atoms with Crippen molar-refractivity contribution < 1.29 is 9.72 Å². The summed E-state index contributed by atoms with van der Waals surface area (Å²) >= 11 is 0. The maximum absolute atomic E-state index is 12.6. The molecule has 1 amide bonds. The molecule has 0 spiro atoms. The van der Waals surface area contributed by atoms with Crippen LogP contribution in [0.15, 0.2) is 18.6 Å². The van der Waals surface area contributed by atoms with E-state index in [9.17, 15) is 14.9 Å². The molecule has 9 heteroatoms. The van der Waals surface area contributed by atoms with Gasteiger partial charge in [-0.3, -0.25) is 24.3 Å². The van der Waals surface area contributed by atoms with Crippen LogP contribution in [-0.2, 0) is 17.4 Å². The van der Waals surface area contributed by atoms with Crippen LogP contribution in [0.4, 0.5) is 5.69 Å². The number of nitrogens with one attached hydrogen (secondary N) is 1. The first-order chi connectivity index (χ1) is 10.6. The zero-order valence-electron chi connectivity index (χ0n) is 13.8. The highest BCUT2D eigenvalue weighted by atomic mass is 16.6. The Labute approximate surface area is 133 Å². The lowest BCUT2D eigenvalue weighted by atomic mass is 10.0. The van der Waals surface area contributed by atoms with Gasteiger partial charge in [0.15, 0.2) is 0 Å². The maximum atomic E-state index is 12.6. The van der Waals surface area contributed by atoms with Gasteiger partial charge in [0.2, 0.25) is 5.91 Å². The van der Waals surface area contributed by atoms with Crippen LogP contribution in [0.1, 0.15) is 38.1 Å². The van der Waals surface area contributed by atoms with E-state index in [1.54, 1.807) is 18.5 Å². The first-order valence-electron chi connectivity index (χ1n) is 7.13. The number of hydrogen-bond donors (Lipinski definition) is 1. The lowest BCUT2D eigenvalue weighted by Crippen LogP contribution is -2.45. The molecule has 0 aliphatic rings. The number of aryl methyl sites for hydroxylation is 2. The van der Waals surface area contributed by atoms with Crippen molar-refractivity contribution in [1.29, 1.82) is 0 Å². The van der Waals surface area contributed by atoms with Crippen LogP contribution in [0, 0.1) is 17.0 Å². The van der Waals surface area contributed by atoms with Crippen molar-refractivity contribution in [3.8, 4) is 0 Å². The van der Waals surface area contributed by atoms with Gasteiger partial charge in [-0.15, -0.1) is 0 Å². The van der Waals surface area contributed by atoms with Gasteiger partial charge in [0.25, 0.3) is 0 Å². The summed E-state index contributed by atoms with van der Waals surface area (Å²) in [5, 5.41) is 21.8. The first kappa shape index (κ1) is 16.7. The van der Waals surface area contributed by atoms with E-state index in [0.29, 0.717) is 0 Å². The molecule has 2 aromatic rings. The van der Waals surface area contributed by atoms with Crippen molar-refractivity contribution in [1.82, 2.24) is 24.9 Å². The van der Waals surface area contributed by atoms with E-state index in [2.05, 4.69) is 15.5 Å². The number of nitrogens with zero attached hydrogens (tertiary/aromatic N) is 5. The first-order valence-corrected chi connectivity index (χ1v) is 7.13. The lowest BCUT2D eigenvalue weighted by molar-refractivity contribution is -0.385. The fourth-order valence-corrected chi connectivity index (χ4v) is 2.31. The van der Waals surface area contributed by atoms with Crippen molar-refractivity contribution in [2.24, 2.45) is 7.05 Å². The van der Waals surface area contributed by atoms with Gasteiger partial charge in [-0.1, -0.05) is 0 Å². The van der Waals surface area contributed by atoms with Crippen molar-refractivity contribution in [2.75, 3.05) is 0 Å². The van der Waals surface area contributed by atoms with E-state index in [0.717, 1.165) is 17.5 Å². The van der Waals surface area contributed by atoms with E-state index >= 15 is 0 Å². The Morgan fingerprint density at radius 2 is 2.09 bits per heavy atom. The Hall–Kier alpha value is -2.71. The Balaban J connectivity index is 2.17. The molecule has 1 atom stereocenters. The van der Waals surface area contributed by atoms with E-state index in [-0.39, 0.29) is 17.6 Å². The number of rotatable bonds is 5. The minimum absolute atomic E-state index is 0.151. The van der Waals surface area contributed by atoms with E-state index in [1.165, 1.54) is 10.9 Å². The number of amides is 1. The second-order valence-electron chi connectivity index (χ2n) is 6.00. The Bertz CT molecular complexity index is 746. The van der Waals surface area contributed by atoms with Crippen LogP contribution < -0.4 is 5.32 Å². The molecule has 0 aliphatic carbocycles. The highest BCUT2D eigenvalue weighted by molar-refractivity contribution is 5.83. The molecule has 0 saturated heterocycles. The molecular formula is C14H20N6O3. The molecule has 0 radical (unpaired) electrons. The van der Waals surface area contributed by atoms with E-state index in [4.69, 9.17) is 0 Å². The van der Waals surface area contributed by atoms with Crippen molar-refractivity contribution >= 4 is 11.6 Å². The molecule has 9 nitrogen and oxygen atoms in total. The third kappa shape index (κ3) is 3.22. The predicted octanol–water partition coefficient (Wildman–Crippen LogP) is 1.45. The van der Waals surface area contributed by atoms with Gasteiger partial charge < -0.3 is 5.32 Å².